The minimum absolute atomic E-state index is 0.133. The maximum absolute atomic E-state index is 10.7. The Morgan fingerprint density at radius 2 is 2.13 bits per heavy atom. The van der Waals surface area contributed by atoms with Crippen LogP contribution in [0.1, 0.15) is 0 Å². The van der Waals surface area contributed by atoms with Gasteiger partial charge in [-0.25, -0.2) is 5.84 Å². The summed E-state index contributed by atoms with van der Waals surface area (Å²) in [5.41, 5.74) is 11.6. The Hall–Kier alpha value is -2.15. The van der Waals surface area contributed by atoms with Crippen LogP contribution < -0.4 is 21.4 Å². The third-order valence-electron chi connectivity index (χ3n) is 1.57. The zero-order valence-electron chi connectivity index (χ0n) is 7.86. The fourth-order valence-corrected chi connectivity index (χ4v) is 0.881. The van der Waals surface area contributed by atoms with Gasteiger partial charge in [0.25, 0.3) is 5.91 Å². The fraction of sp³-hybridized carbons (Fsp3) is 0.125. The van der Waals surface area contributed by atoms with Crippen LogP contribution >= 0.6 is 0 Å². The van der Waals surface area contributed by atoms with Gasteiger partial charge in [0.15, 0.2) is 6.61 Å². The van der Waals surface area contributed by atoms with Gasteiger partial charge in [0.2, 0.25) is 0 Å². The van der Waals surface area contributed by atoms with E-state index in [1.807, 2.05) is 5.43 Å². The quantitative estimate of drug-likeness (QED) is 0.243. The summed E-state index contributed by atoms with van der Waals surface area (Å²) in [5, 5.41) is 3.00. The zero-order valence-corrected chi connectivity index (χ0v) is 7.86. The molecule has 0 aliphatic rings. The largest absolute Gasteiger partial charge is 0.484 e. The Labute approximate surface area is 86.1 Å². The summed E-state index contributed by atoms with van der Waals surface area (Å²) in [6.07, 6.45) is 0. The Bertz CT molecular complexity index is 337. The highest BCUT2D eigenvalue weighted by molar-refractivity contribution is 5.76. The molecule has 0 saturated carbocycles. The van der Waals surface area contributed by atoms with Gasteiger partial charge in [0.1, 0.15) is 5.75 Å². The van der Waals surface area contributed by atoms with Crippen LogP contribution in [0.2, 0.25) is 0 Å². The number of hydrogen-bond acceptors (Lipinski definition) is 5. The standard InChI is InChI=1S/C8H11N5O2/c9-11-8(14)5-15-7-3-1-6(2-4-7)12-13-10/h1-4H,5,9H2,(H2,10,12)(H,11,14). The molecule has 1 rings (SSSR count). The average molecular weight is 209 g/mol. The first-order valence-corrected chi connectivity index (χ1v) is 4.11. The number of amides is 1. The number of nitrogens with zero attached hydrogens (tertiary/aromatic N) is 1. The van der Waals surface area contributed by atoms with Crippen molar-refractivity contribution in [1.29, 1.82) is 5.53 Å². The van der Waals surface area contributed by atoms with Crippen LogP contribution in [0.25, 0.3) is 0 Å². The van der Waals surface area contributed by atoms with Gasteiger partial charge < -0.3 is 4.74 Å². The normalized spacial score (nSPS) is 9.13. The molecule has 0 heterocycles. The minimum Gasteiger partial charge on any atom is -0.484 e. The molecule has 15 heavy (non-hydrogen) atoms. The van der Waals surface area contributed by atoms with E-state index in [-0.39, 0.29) is 6.61 Å². The lowest BCUT2D eigenvalue weighted by Gasteiger charge is -2.05. The van der Waals surface area contributed by atoms with Crippen LogP contribution in [0.3, 0.4) is 0 Å². The van der Waals surface area contributed by atoms with E-state index < -0.39 is 5.91 Å². The molecule has 0 atom stereocenters. The van der Waals surface area contributed by atoms with E-state index in [1.165, 1.54) is 0 Å². The Balaban J connectivity index is 2.49. The molecule has 7 nitrogen and oxygen atoms in total. The van der Waals surface area contributed by atoms with E-state index in [2.05, 4.69) is 10.6 Å². The van der Waals surface area contributed by atoms with Crippen LogP contribution in [-0.4, -0.2) is 12.5 Å². The van der Waals surface area contributed by atoms with Crippen LogP contribution in [0.15, 0.2) is 29.5 Å². The van der Waals surface area contributed by atoms with E-state index in [4.69, 9.17) is 16.1 Å². The molecule has 0 radical (unpaired) electrons. The van der Waals surface area contributed by atoms with Crippen LogP contribution in [0.5, 0.6) is 5.75 Å². The zero-order chi connectivity index (χ0) is 11.1. The van der Waals surface area contributed by atoms with Gasteiger partial charge >= 0.3 is 0 Å². The maximum atomic E-state index is 10.7. The van der Waals surface area contributed by atoms with Crippen LogP contribution in [-0.2, 0) is 4.79 Å². The smallest absolute Gasteiger partial charge is 0.271 e. The highest BCUT2D eigenvalue weighted by Gasteiger charge is 1.99. The molecule has 0 saturated heterocycles. The summed E-state index contributed by atoms with van der Waals surface area (Å²) < 4.78 is 5.09. The molecule has 0 aliphatic heterocycles. The summed E-state index contributed by atoms with van der Waals surface area (Å²) in [6, 6.07) is 6.65. The van der Waals surface area contributed by atoms with E-state index in [0.29, 0.717) is 11.4 Å². The second kappa shape index (κ2) is 5.55. The number of ether oxygens (including phenoxy) is 1. The molecule has 0 unspecified atom stereocenters. The lowest BCUT2D eigenvalue weighted by atomic mass is 10.3. The van der Waals surface area contributed by atoms with Gasteiger partial charge in [0, 0.05) is 0 Å². The summed E-state index contributed by atoms with van der Waals surface area (Å²) in [7, 11) is 0. The first kappa shape index (κ1) is 10.9. The van der Waals surface area contributed by atoms with Crippen LogP contribution in [0.4, 0.5) is 5.69 Å². The fourth-order valence-electron chi connectivity index (χ4n) is 0.881. The molecule has 0 aromatic heterocycles. The molecular weight excluding hydrogens is 198 g/mol. The van der Waals surface area contributed by atoms with E-state index >= 15 is 0 Å². The third-order valence-corrected chi connectivity index (χ3v) is 1.57. The number of anilines is 1. The van der Waals surface area contributed by atoms with Crippen molar-refractivity contribution in [2.75, 3.05) is 12.0 Å². The molecule has 7 heteroatoms. The van der Waals surface area contributed by atoms with Crippen molar-refractivity contribution in [3.63, 3.8) is 0 Å². The number of nitrogens with two attached hydrogens (primary N) is 1. The van der Waals surface area contributed by atoms with Crippen LogP contribution in [0, 0.1) is 5.53 Å². The lowest BCUT2D eigenvalue weighted by molar-refractivity contribution is -0.123. The molecular formula is C8H11N5O2. The van der Waals surface area contributed by atoms with Gasteiger partial charge in [0.05, 0.1) is 5.69 Å². The first-order valence-electron chi connectivity index (χ1n) is 4.11. The Morgan fingerprint density at radius 3 is 2.67 bits per heavy atom. The molecule has 80 valence electrons. The monoisotopic (exact) mass is 209 g/mol. The predicted molar refractivity (Wildman–Crippen MR) is 53.0 cm³/mol. The number of nitrogens with one attached hydrogen (secondary N) is 3. The van der Waals surface area contributed by atoms with Gasteiger partial charge in [-0.1, -0.05) is 5.22 Å². The van der Waals surface area contributed by atoms with Gasteiger partial charge in [-0.05, 0) is 24.3 Å². The highest BCUT2D eigenvalue weighted by Crippen LogP contribution is 2.15. The maximum Gasteiger partial charge on any atom is 0.271 e. The first-order chi connectivity index (χ1) is 7.26. The summed E-state index contributed by atoms with van der Waals surface area (Å²) in [4.78, 5) is 10.7. The third kappa shape index (κ3) is 3.61. The van der Waals surface area contributed by atoms with Crippen molar-refractivity contribution in [1.82, 2.24) is 5.43 Å². The van der Waals surface area contributed by atoms with E-state index in [9.17, 15) is 4.79 Å². The number of hydrogen-bond donors (Lipinski definition) is 4. The van der Waals surface area contributed by atoms with Gasteiger partial charge in [-0.15, -0.1) is 0 Å². The average Bonchev–Trinajstić information content (AvgIpc) is 2.28. The van der Waals surface area contributed by atoms with Crippen molar-refractivity contribution in [3.8, 4) is 5.75 Å². The van der Waals surface area contributed by atoms with Gasteiger partial charge in [-0.2, -0.15) is 5.53 Å². The highest BCUT2D eigenvalue weighted by atomic mass is 16.5. The molecule has 0 fully saturated rings. The van der Waals surface area contributed by atoms with Crippen molar-refractivity contribution >= 4 is 11.6 Å². The molecule has 5 N–H and O–H groups in total. The van der Waals surface area contributed by atoms with E-state index in [0.717, 1.165) is 0 Å². The molecule has 0 spiro atoms. The molecule has 1 amide bonds. The van der Waals surface area contributed by atoms with Gasteiger partial charge in [-0.3, -0.25) is 15.6 Å². The van der Waals surface area contributed by atoms with E-state index in [1.54, 1.807) is 24.3 Å². The molecule has 1 aromatic carbocycles. The molecule has 0 bridgehead atoms. The molecule has 1 aromatic rings. The van der Waals surface area contributed by atoms with Crippen molar-refractivity contribution in [3.05, 3.63) is 24.3 Å². The second-order valence-corrected chi connectivity index (χ2v) is 2.60. The lowest BCUT2D eigenvalue weighted by Crippen LogP contribution is -2.34. The minimum atomic E-state index is -0.404. The SMILES string of the molecule is N=NNc1ccc(OCC(=O)NN)cc1. The summed E-state index contributed by atoms with van der Waals surface area (Å²) in [6.45, 7) is -0.133. The van der Waals surface area contributed by atoms with Crippen molar-refractivity contribution < 1.29 is 9.53 Å². The second-order valence-electron chi connectivity index (χ2n) is 2.60. The Morgan fingerprint density at radius 1 is 1.47 bits per heavy atom. The number of carbonyl (C=O) groups excluding carboxylic acids is 1. The number of rotatable bonds is 5. The molecule has 0 aliphatic carbocycles. The topological polar surface area (TPSA) is 113 Å². The number of benzene rings is 1. The van der Waals surface area contributed by atoms with Crippen molar-refractivity contribution in [2.24, 2.45) is 11.1 Å². The summed E-state index contributed by atoms with van der Waals surface area (Å²) >= 11 is 0. The number of carbonyl (C=O) groups is 1. The number of hydrazine groups is 1. The van der Waals surface area contributed by atoms with Crippen molar-refractivity contribution in [2.45, 2.75) is 0 Å². The Kier molecular flexibility index (Phi) is 4.05. The summed E-state index contributed by atoms with van der Waals surface area (Å²) in [5.74, 6) is 5.01. The predicted octanol–water partition coefficient (Wildman–Crippen LogP) is 0.413.